The van der Waals surface area contributed by atoms with Crippen molar-refractivity contribution in [2.24, 2.45) is 5.92 Å². The Balaban J connectivity index is 2.15. The van der Waals surface area contributed by atoms with E-state index in [9.17, 15) is 0 Å². The van der Waals surface area contributed by atoms with Crippen LogP contribution in [-0.2, 0) is 6.42 Å². The van der Waals surface area contributed by atoms with Crippen molar-refractivity contribution in [3.05, 3.63) is 15.6 Å². The number of rotatable bonds is 2. The quantitative estimate of drug-likeness (QED) is 0.834. The zero-order valence-electron chi connectivity index (χ0n) is 6.63. The summed E-state index contributed by atoms with van der Waals surface area (Å²) in [5, 5.41) is 0. The average Bonchev–Trinajstić information content (AvgIpc) is 2.81. The highest BCUT2D eigenvalue weighted by Gasteiger charge is 2.22. The van der Waals surface area contributed by atoms with Crippen molar-refractivity contribution in [2.45, 2.75) is 19.3 Å². The number of nitrogen functional groups attached to an aromatic ring is 1. The van der Waals surface area contributed by atoms with Crippen molar-refractivity contribution in [3.8, 4) is 0 Å². The number of halogens is 1. The first-order valence-corrected chi connectivity index (χ1v) is 5.10. The topological polar surface area (TPSA) is 51.8 Å². The molecule has 0 aliphatic heterocycles. The Hall–Kier alpha value is -0.390. The van der Waals surface area contributed by atoms with Gasteiger partial charge >= 0.3 is 0 Å². The monoisotopic (exact) mass is 275 g/mol. The van der Waals surface area contributed by atoms with Crippen LogP contribution in [-0.4, -0.2) is 9.97 Å². The molecule has 0 unspecified atom stereocenters. The number of hydrogen-bond donors (Lipinski definition) is 1. The van der Waals surface area contributed by atoms with Crippen LogP contribution in [0.4, 0.5) is 5.82 Å². The second-order valence-corrected chi connectivity index (χ2v) is 4.33. The van der Waals surface area contributed by atoms with Gasteiger partial charge in [-0.05, 0) is 41.4 Å². The minimum absolute atomic E-state index is 0.612. The molecule has 64 valence electrons. The van der Waals surface area contributed by atoms with E-state index >= 15 is 0 Å². The molecule has 1 saturated carbocycles. The first-order valence-electron chi connectivity index (χ1n) is 4.02. The average molecular weight is 275 g/mol. The Labute approximate surface area is 84.9 Å². The summed E-state index contributed by atoms with van der Waals surface area (Å²) in [6.45, 7) is 0. The van der Waals surface area contributed by atoms with Crippen LogP contribution in [0, 0.1) is 9.49 Å². The smallest absolute Gasteiger partial charge is 0.140 e. The highest BCUT2D eigenvalue weighted by molar-refractivity contribution is 14.1. The van der Waals surface area contributed by atoms with E-state index < -0.39 is 0 Å². The summed E-state index contributed by atoms with van der Waals surface area (Å²) in [6, 6.07) is 0. The summed E-state index contributed by atoms with van der Waals surface area (Å²) in [5.74, 6) is 2.33. The summed E-state index contributed by atoms with van der Waals surface area (Å²) in [5.41, 5.74) is 5.66. The zero-order valence-corrected chi connectivity index (χ0v) is 8.78. The lowest BCUT2D eigenvalue weighted by molar-refractivity contribution is 0.770. The maximum absolute atomic E-state index is 5.66. The van der Waals surface area contributed by atoms with E-state index in [-0.39, 0.29) is 0 Å². The normalized spacial score (nSPS) is 16.4. The van der Waals surface area contributed by atoms with Crippen LogP contribution >= 0.6 is 22.6 Å². The maximum Gasteiger partial charge on any atom is 0.140 e. The van der Waals surface area contributed by atoms with Gasteiger partial charge in [0.2, 0.25) is 0 Å². The molecular weight excluding hydrogens is 265 g/mol. The molecule has 1 fully saturated rings. The van der Waals surface area contributed by atoms with Gasteiger partial charge in [0.1, 0.15) is 11.6 Å². The molecule has 1 aromatic rings. The van der Waals surface area contributed by atoms with E-state index in [2.05, 4.69) is 32.6 Å². The van der Waals surface area contributed by atoms with Gasteiger partial charge in [-0.2, -0.15) is 0 Å². The van der Waals surface area contributed by atoms with Crippen LogP contribution in [0.3, 0.4) is 0 Å². The van der Waals surface area contributed by atoms with Gasteiger partial charge in [0.05, 0.1) is 3.57 Å². The number of anilines is 1. The van der Waals surface area contributed by atoms with Gasteiger partial charge in [-0.1, -0.05) is 0 Å². The predicted molar refractivity (Wildman–Crippen MR) is 55.6 cm³/mol. The molecular formula is C8H10IN3. The molecule has 1 aliphatic carbocycles. The molecule has 0 atom stereocenters. The lowest BCUT2D eigenvalue weighted by Gasteiger charge is -2.00. The van der Waals surface area contributed by atoms with Gasteiger partial charge in [-0.3, -0.25) is 0 Å². The molecule has 0 bridgehead atoms. The standard InChI is InChI=1S/C8H10IN3/c9-6-4-11-7(12-8(6)10)3-5-1-2-5/h4-5H,1-3H2,(H2,10,11,12). The lowest BCUT2D eigenvalue weighted by atomic mass is 10.3. The first-order chi connectivity index (χ1) is 5.75. The predicted octanol–water partition coefficient (Wildman–Crippen LogP) is 1.62. The molecule has 0 saturated heterocycles. The fourth-order valence-corrected chi connectivity index (χ4v) is 1.36. The highest BCUT2D eigenvalue weighted by Crippen LogP contribution is 2.31. The largest absolute Gasteiger partial charge is 0.383 e. The maximum atomic E-state index is 5.66. The number of nitrogens with two attached hydrogens (primary N) is 1. The molecule has 12 heavy (non-hydrogen) atoms. The molecule has 0 amide bonds. The second kappa shape index (κ2) is 3.16. The summed E-state index contributed by atoms with van der Waals surface area (Å²) < 4.78 is 0.937. The molecule has 1 aliphatic rings. The summed E-state index contributed by atoms with van der Waals surface area (Å²) in [4.78, 5) is 8.43. The van der Waals surface area contributed by atoms with Gasteiger partial charge < -0.3 is 5.73 Å². The van der Waals surface area contributed by atoms with Gasteiger partial charge in [-0.25, -0.2) is 9.97 Å². The van der Waals surface area contributed by atoms with Gasteiger partial charge in [0.15, 0.2) is 0 Å². The van der Waals surface area contributed by atoms with Crippen LogP contribution in [0.1, 0.15) is 18.7 Å². The Morgan fingerprint density at radius 3 is 2.92 bits per heavy atom. The molecule has 1 heterocycles. The van der Waals surface area contributed by atoms with Gasteiger partial charge in [-0.15, -0.1) is 0 Å². The van der Waals surface area contributed by atoms with Crippen molar-refractivity contribution >= 4 is 28.4 Å². The fourth-order valence-electron chi connectivity index (χ4n) is 1.10. The molecule has 4 heteroatoms. The van der Waals surface area contributed by atoms with Crippen molar-refractivity contribution in [1.29, 1.82) is 0 Å². The van der Waals surface area contributed by atoms with E-state index in [4.69, 9.17) is 5.73 Å². The van der Waals surface area contributed by atoms with Crippen LogP contribution in [0.2, 0.25) is 0 Å². The van der Waals surface area contributed by atoms with E-state index in [0.717, 1.165) is 21.7 Å². The molecule has 0 aromatic carbocycles. The number of aromatic nitrogens is 2. The fraction of sp³-hybridized carbons (Fsp3) is 0.500. The Morgan fingerprint density at radius 2 is 2.33 bits per heavy atom. The van der Waals surface area contributed by atoms with Gasteiger partial charge in [0.25, 0.3) is 0 Å². The molecule has 0 radical (unpaired) electrons. The number of hydrogen-bond acceptors (Lipinski definition) is 3. The third kappa shape index (κ3) is 1.85. The minimum Gasteiger partial charge on any atom is -0.383 e. The molecule has 0 spiro atoms. The SMILES string of the molecule is Nc1nc(CC2CC2)ncc1I. The summed E-state index contributed by atoms with van der Waals surface area (Å²) >= 11 is 2.14. The summed E-state index contributed by atoms with van der Waals surface area (Å²) in [7, 11) is 0. The third-order valence-electron chi connectivity index (χ3n) is 1.99. The molecule has 2 rings (SSSR count). The highest BCUT2D eigenvalue weighted by atomic mass is 127. The van der Waals surface area contributed by atoms with E-state index in [1.165, 1.54) is 12.8 Å². The van der Waals surface area contributed by atoms with Crippen molar-refractivity contribution in [3.63, 3.8) is 0 Å². The third-order valence-corrected chi connectivity index (χ3v) is 2.82. The first kappa shape index (κ1) is 8.22. The van der Waals surface area contributed by atoms with Gasteiger partial charge in [0, 0.05) is 12.6 Å². The van der Waals surface area contributed by atoms with E-state index in [1.807, 2.05) is 0 Å². The van der Waals surface area contributed by atoms with E-state index in [0.29, 0.717) is 5.82 Å². The van der Waals surface area contributed by atoms with Crippen LogP contribution in [0.5, 0.6) is 0 Å². The molecule has 1 aromatic heterocycles. The van der Waals surface area contributed by atoms with E-state index in [1.54, 1.807) is 6.20 Å². The van der Waals surface area contributed by atoms with Crippen LogP contribution < -0.4 is 5.73 Å². The Morgan fingerprint density at radius 1 is 1.58 bits per heavy atom. The molecule has 2 N–H and O–H groups in total. The van der Waals surface area contributed by atoms with Crippen LogP contribution in [0.15, 0.2) is 6.20 Å². The van der Waals surface area contributed by atoms with Crippen molar-refractivity contribution in [2.75, 3.05) is 5.73 Å². The summed E-state index contributed by atoms with van der Waals surface area (Å²) in [6.07, 6.45) is 5.45. The van der Waals surface area contributed by atoms with Crippen LogP contribution in [0.25, 0.3) is 0 Å². The Bertz CT molecular complexity index is 296. The zero-order chi connectivity index (χ0) is 8.55. The number of nitrogens with zero attached hydrogens (tertiary/aromatic N) is 2. The van der Waals surface area contributed by atoms with Crippen molar-refractivity contribution in [1.82, 2.24) is 9.97 Å². The minimum atomic E-state index is 0.612. The lowest BCUT2D eigenvalue weighted by Crippen LogP contribution is -2.02. The Kier molecular flexibility index (Phi) is 2.16. The van der Waals surface area contributed by atoms with Crippen molar-refractivity contribution < 1.29 is 0 Å². The second-order valence-electron chi connectivity index (χ2n) is 3.17. The molecule has 3 nitrogen and oxygen atoms in total.